The lowest BCUT2D eigenvalue weighted by atomic mass is 9.52. The fourth-order valence-corrected chi connectivity index (χ4v) is 7.20. The highest BCUT2D eigenvalue weighted by Crippen LogP contribution is 2.60. The predicted molar refractivity (Wildman–Crippen MR) is 123 cm³/mol. The van der Waals surface area contributed by atoms with Gasteiger partial charge in [0.1, 0.15) is 6.10 Å². The van der Waals surface area contributed by atoms with Crippen molar-refractivity contribution in [2.24, 2.45) is 23.7 Å². The normalized spacial score (nSPS) is 32.0. The maximum absolute atomic E-state index is 7.03. The van der Waals surface area contributed by atoms with Crippen LogP contribution in [0.25, 0.3) is 0 Å². The second kappa shape index (κ2) is 8.13. The first kappa shape index (κ1) is 20.3. The minimum absolute atomic E-state index is 0.0594. The van der Waals surface area contributed by atoms with Gasteiger partial charge in [0.15, 0.2) is 0 Å². The Morgan fingerprint density at radius 2 is 1.20 bits per heavy atom. The zero-order chi connectivity index (χ0) is 20.7. The molecule has 4 bridgehead atoms. The van der Waals surface area contributed by atoms with Gasteiger partial charge in [0, 0.05) is 5.54 Å². The van der Waals surface area contributed by atoms with Crippen LogP contribution in [0.2, 0.25) is 0 Å². The minimum Gasteiger partial charge on any atom is -0.290 e. The first-order chi connectivity index (χ1) is 14.5. The molecule has 0 amide bonds. The van der Waals surface area contributed by atoms with Crippen molar-refractivity contribution in [2.45, 2.75) is 77.0 Å². The first-order valence-electron chi connectivity index (χ1n) is 12.1. The highest BCUT2D eigenvalue weighted by Gasteiger charge is 2.56. The van der Waals surface area contributed by atoms with Crippen molar-refractivity contribution < 1.29 is 4.84 Å². The van der Waals surface area contributed by atoms with E-state index < -0.39 is 0 Å². The largest absolute Gasteiger partial charge is 0.290 e. The SMILES string of the molecule is CC(ON(C(c1ccccc1)C(C)C)C12CC3CC(CC(C3)C1)C2)c1ccccc1. The molecule has 0 N–H and O–H groups in total. The quantitative estimate of drug-likeness (QED) is 0.448. The Morgan fingerprint density at radius 1 is 0.733 bits per heavy atom. The van der Waals surface area contributed by atoms with Crippen LogP contribution >= 0.6 is 0 Å². The van der Waals surface area contributed by atoms with E-state index in [4.69, 9.17) is 4.84 Å². The fraction of sp³-hybridized carbons (Fsp3) is 0.571. The Hall–Kier alpha value is -1.64. The standard InChI is InChI=1S/C28H37NO/c1-20(2)27(26-12-8-5-9-13-26)29(30-21(3)25-10-6-4-7-11-25)28-17-22-14-23(18-28)16-24(15-22)19-28/h4-13,20-24,27H,14-19H2,1-3H3. The van der Waals surface area contributed by atoms with E-state index >= 15 is 0 Å². The van der Waals surface area contributed by atoms with Crippen LogP contribution in [-0.2, 0) is 4.84 Å². The van der Waals surface area contributed by atoms with Crippen molar-refractivity contribution in [3.8, 4) is 0 Å². The highest BCUT2D eigenvalue weighted by atomic mass is 16.7. The van der Waals surface area contributed by atoms with Gasteiger partial charge in [-0.05, 0) is 80.2 Å². The Labute approximate surface area is 182 Å². The number of benzene rings is 2. The van der Waals surface area contributed by atoms with Gasteiger partial charge in [-0.1, -0.05) is 74.5 Å². The van der Waals surface area contributed by atoms with Crippen molar-refractivity contribution >= 4 is 0 Å². The molecule has 2 unspecified atom stereocenters. The van der Waals surface area contributed by atoms with E-state index in [1.54, 1.807) is 0 Å². The Bertz CT molecular complexity index is 795. The van der Waals surface area contributed by atoms with Crippen LogP contribution in [0.5, 0.6) is 0 Å². The summed E-state index contributed by atoms with van der Waals surface area (Å²) in [6.45, 7) is 6.95. The average molecular weight is 404 g/mol. The zero-order valence-corrected chi connectivity index (χ0v) is 18.8. The molecule has 2 heteroatoms. The third kappa shape index (κ3) is 3.74. The summed E-state index contributed by atoms with van der Waals surface area (Å²) in [4.78, 5) is 7.03. The summed E-state index contributed by atoms with van der Waals surface area (Å²) in [6, 6.07) is 22.1. The zero-order valence-electron chi connectivity index (χ0n) is 18.8. The van der Waals surface area contributed by atoms with E-state index in [2.05, 4.69) is 86.5 Å². The smallest absolute Gasteiger partial charge is 0.102 e. The maximum Gasteiger partial charge on any atom is 0.102 e. The lowest BCUT2D eigenvalue weighted by Gasteiger charge is -2.61. The van der Waals surface area contributed by atoms with Crippen LogP contribution in [-0.4, -0.2) is 10.6 Å². The summed E-state index contributed by atoms with van der Waals surface area (Å²) in [6.07, 6.45) is 8.38. The van der Waals surface area contributed by atoms with Gasteiger partial charge < -0.3 is 0 Å². The Balaban J connectivity index is 1.53. The number of nitrogens with zero attached hydrogens (tertiary/aromatic N) is 1. The third-order valence-corrected chi connectivity index (χ3v) is 8.04. The van der Waals surface area contributed by atoms with E-state index in [1.165, 1.54) is 49.7 Å². The summed E-state index contributed by atoms with van der Waals surface area (Å²) in [5.41, 5.74) is 2.86. The molecule has 0 radical (unpaired) electrons. The van der Waals surface area contributed by atoms with E-state index in [-0.39, 0.29) is 17.7 Å². The third-order valence-electron chi connectivity index (χ3n) is 8.04. The molecular weight excluding hydrogens is 366 g/mol. The number of rotatable bonds is 7. The van der Waals surface area contributed by atoms with Gasteiger partial charge in [-0.25, -0.2) is 0 Å². The summed E-state index contributed by atoms with van der Waals surface area (Å²) < 4.78 is 0. The van der Waals surface area contributed by atoms with Gasteiger partial charge in [-0.3, -0.25) is 4.84 Å². The van der Waals surface area contributed by atoms with Crippen LogP contribution < -0.4 is 0 Å². The molecule has 2 aromatic carbocycles. The molecule has 0 aliphatic heterocycles. The van der Waals surface area contributed by atoms with Gasteiger partial charge >= 0.3 is 0 Å². The summed E-state index contributed by atoms with van der Waals surface area (Å²) >= 11 is 0. The van der Waals surface area contributed by atoms with Crippen molar-refractivity contribution in [3.05, 3.63) is 71.8 Å². The number of hydrogen-bond donors (Lipinski definition) is 0. The second-order valence-corrected chi connectivity index (χ2v) is 10.7. The molecule has 4 fully saturated rings. The molecule has 160 valence electrons. The van der Waals surface area contributed by atoms with Crippen molar-refractivity contribution in [1.29, 1.82) is 0 Å². The molecule has 0 saturated heterocycles. The molecule has 2 atom stereocenters. The predicted octanol–water partition coefficient (Wildman–Crippen LogP) is 7.35. The summed E-state index contributed by atoms with van der Waals surface area (Å²) in [7, 11) is 0. The van der Waals surface area contributed by atoms with Crippen molar-refractivity contribution in [3.63, 3.8) is 0 Å². The van der Waals surface area contributed by atoms with Crippen LogP contribution in [0, 0.1) is 23.7 Å². The van der Waals surface area contributed by atoms with Gasteiger partial charge in [0.25, 0.3) is 0 Å². The van der Waals surface area contributed by atoms with Crippen LogP contribution in [0.1, 0.15) is 82.6 Å². The molecule has 4 aliphatic rings. The minimum atomic E-state index is 0.0594. The molecule has 2 aromatic rings. The summed E-state index contributed by atoms with van der Waals surface area (Å²) in [5, 5.41) is 2.54. The van der Waals surface area contributed by atoms with Gasteiger partial charge in [-0.15, -0.1) is 0 Å². The molecule has 2 nitrogen and oxygen atoms in total. The summed E-state index contributed by atoms with van der Waals surface area (Å²) in [5.74, 6) is 3.19. The molecule has 0 heterocycles. The van der Waals surface area contributed by atoms with Crippen molar-refractivity contribution in [2.75, 3.05) is 0 Å². The molecule has 4 saturated carbocycles. The van der Waals surface area contributed by atoms with Gasteiger partial charge in [-0.2, -0.15) is 5.06 Å². The lowest BCUT2D eigenvalue weighted by molar-refractivity contribution is -0.312. The average Bonchev–Trinajstić information content (AvgIpc) is 2.73. The molecular formula is C28H37NO. The van der Waals surface area contributed by atoms with Crippen LogP contribution in [0.4, 0.5) is 0 Å². The molecule has 6 rings (SSSR count). The van der Waals surface area contributed by atoms with Crippen molar-refractivity contribution in [1.82, 2.24) is 5.06 Å². The molecule has 4 aliphatic carbocycles. The Kier molecular flexibility index (Phi) is 5.49. The first-order valence-corrected chi connectivity index (χ1v) is 12.1. The fourth-order valence-electron chi connectivity index (χ4n) is 7.20. The second-order valence-electron chi connectivity index (χ2n) is 10.7. The van der Waals surface area contributed by atoms with Gasteiger partial charge in [0.05, 0.1) is 6.04 Å². The monoisotopic (exact) mass is 403 g/mol. The van der Waals surface area contributed by atoms with E-state index in [9.17, 15) is 0 Å². The van der Waals surface area contributed by atoms with Crippen LogP contribution in [0.15, 0.2) is 60.7 Å². The molecule has 30 heavy (non-hydrogen) atoms. The number of hydroxylamine groups is 2. The highest BCUT2D eigenvalue weighted by molar-refractivity contribution is 5.22. The van der Waals surface area contributed by atoms with E-state index in [0.717, 1.165) is 17.8 Å². The lowest BCUT2D eigenvalue weighted by Crippen LogP contribution is -2.61. The Morgan fingerprint density at radius 3 is 1.67 bits per heavy atom. The molecule has 0 spiro atoms. The maximum atomic E-state index is 7.03. The van der Waals surface area contributed by atoms with E-state index in [0.29, 0.717) is 5.92 Å². The van der Waals surface area contributed by atoms with E-state index in [1.807, 2.05) is 0 Å². The molecule has 0 aromatic heterocycles. The topological polar surface area (TPSA) is 12.5 Å². The van der Waals surface area contributed by atoms with Crippen LogP contribution in [0.3, 0.4) is 0 Å². The van der Waals surface area contributed by atoms with Gasteiger partial charge in [0.2, 0.25) is 0 Å². The number of hydrogen-bond acceptors (Lipinski definition) is 2.